The van der Waals surface area contributed by atoms with Crippen LogP contribution < -0.4 is 5.32 Å². The molecule has 1 amide bonds. The summed E-state index contributed by atoms with van der Waals surface area (Å²) in [6, 6.07) is 7.26. The van der Waals surface area contributed by atoms with Crippen molar-refractivity contribution in [3.8, 4) is 6.07 Å². The number of amides is 1. The number of rotatable bonds is 4. The van der Waals surface area contributed by atoms with Crippen molar-refractivity contribution in [1.82, 2.24) is 4.98 Å². The lowest BCUT2D eigenvalue weighted by molar-refractivity contribution is -0.0142. The highest BCUT2D eigenvalue weighted by Crippen LogP contribution is 2.39. The number of nitrogens with zero attached hydrogens (tertiary/aromatic N) is 2. The first kappa shape index (κ1) is 21.7. The van der Waals surface area contributed by atoms with Gasteiger partial charge in [-0.25, -0.2) is 22.0 Å². The first-order valence-corrected chi connectivity index (χ1v) is 9.38. The summed E-state index contributed by atoms with van der Waals surface area (Å²) in [6.07, 6.45) is -3.09. The van der Waals surface area contributed by atoms with Crippen molar-refractivity contribution in [1.29, 1.82) is 5.26 Å². The Bertz CT molecular complexity index is 987. The van der Waals surface area contributed by atoms with Crippen molar-refractivity contribution in [2.75, 3.05) is 5.32 Å². The lowest BCUT2D eigenvalue weighted by Crippen LogP contribution is -2.18. The molecule has 0 aliphatic heterocycles. The normalized spacial score (nSPS) is 18.5. The maximum Gasteiger partial charge on any atom is 0.280 e. The third kappa shape index (κ3) is 4.93. The maximum atomic E-state index is 13.7. The van der Waals surface area contributed by atoms with Crippen molar-refractivity contribution in [2.45, 2.75) is 50.4 Å². The van der Waals surface area contributed by atoms with Crippen LogP contribution in [0.1, 0.15) is 71.8 Å². The van der Waals surface area contributed by atoms with Gasteiger partial charge in [0.2, 0.25) is 5.92 Å². The average molecular weight is 423 g/mol. The van der Waals surface area contributed by atoms with Crippen LogP contribution in [0.4, 0.5) is 27.6 Å². The van der Waals surface area contributed by atoms with Crippen LogP contribution >= 0.6 is 0 Å². The van der Waals surface area contributed by atoms with Crippen molar-refractivity contribution < 1.29 is 26.7 Å². The SMILES string of the molecule is N#Cc1cc(NC(=O)c2ccc(C(F)F)nc2C2CCCC(F)(F)CC2)ccc1F. The van der Waals surface area contributed by atoms with E-state index in [1.54, 1.807) is 6.07 Å². The van der Waals surface area contributed by atoms with Gasteiger partial charge < -0.3 is 5.32 Å². The minimum Gasteiger partial charge on any atom is -0.322 e. The maximum absolute atomic E-state index is 13.7. The monoisotopic (exact) mass is 423 g/mol. The van der Waals surface area contributed by atoms with Crippen molar-refractivity contribution >= 4 is 11.6 Å². The van der Waals surface area contributed by atoms with E-state index in [4.69, 9.17) is 5.26 Å². The number of halogens is 5. The number of hydrogen-bond donors (Lipinski definition) is 1. The number of alkyl halides is 4. The van der Waals surface area contributed by atoms with Gasteiger partial charge in [-0.15, -0.1) is 0 Å². The largest absolute Gasteiger partial charge is 0.322 e. The Balaban J connectivity index is 1.93. The number of hydrogen-bond acceptors (Lipinski definition) is 3. The van der Waals surface area contributed by atoms with Gasteiger partial charge in [-0.3, -0.25) is 9.78 Å². The molecule has 1 fully saturated rings. The van der Waals surface area contributed by atoms with Gasteiger partial charge in [0.1, 0.15) is 17.6 Å². The van der Waals surface area contributed by atoms with E-state index < -0.39 is 42.1 Å². The van der Waals surface area contributed by atoms with Crippen molar-refractivity contribution in [3.63, 3.8) is 0 Å². The fourth-order valence-corrected chi connectivity index (χ4v) is 3.54. The van der Waals surface area contributed by atoms with Crippen LogP contribution in [0.5, 0.6) is 0 Å². The topological polar surface area (TPSA) is 65.8 Å². The zero-order chi connectivity index (χ0) is 21.9. The van der Waals surface area contributed by atoms with E-state index in [0.717, 1.165) is 18.2 Å². The highest BCUT2D eigenvalue weighted by atomic mass is 19.3. The standard InChI is InChI=1S/C21H18F5N3O/c22-16-5-3-14(10-13(16)11-27)28-20(30)15-4-6-17(19(23)24)29-18(15)12-2-1-8-21(25,26)9-7-12/h3-6,10,12,19H,1-2,7-9H2,(H,28,30). The molecule has 1 aliphatic rings. The van der Waals surface area contributed by atoms with Gasteiger partial charge in [-0.05, 0) is 49.6 Å². The fraction of sp³-hybridized carbons (Fsp3) is 0.381. The van der Waals surface area contributed by atoms with Gasteiger partial charge in [0, 0.05) is 24.4 Å². The number of pyridine rings is 1. The number of aromatic nitrogens is 1. The van der Waals surface area contributed by atoms with Crippen LogP contribution in [0.2, 0.25) is 0 Å². The van der Waals surface area contributed by atoms with Crippen LogP contribution in [-0.4, -0.2) is 16.8 Å². The van der Waals surface area contributed by atoms with Gasteiger partial charge in [-0.2, -0.15) is 5.26 Å². The fourth-order valence-electron chi connectivity index (χ4n) is 3.54. The molecule has 0 saturated heterocycles. The molecule has 1 unspecified atom stereocenters. The van der Waals surface area contributed by atoms with Crippen LogP contribution in [-0.2, 0) is 0 Å². The summed E-state index contributed by atoms with van der Waals surface area (Å²) in [4.78, 5) is 16.7. The molecule has 1 atom stereocenters. The molecule has 0 bridgehead atoms. The van der Waals surface area contributed by atoms with Gasteiger partial charge in [0.05, 0.1) is 16.8 Å². The summed E-state index contributed by atoms with van der Waals surface area (Å²) in [5.74, 6) is -4.86. The van der Waals surface area contributed by atoms with E-state index in [1.807, 2.05) is 0 Å². The summed E-state index contributed by atoms with van der Waals surface area (Å²) in [6.45, 7) is 0. The van der Waals surface area contributed by atoms with E-state index in [9.17, 15) is 26.7 Å². The lowest BCUT2D eigenvalue weighted by atomic mass is 9.92. The molecule has 9 heteroatoms. The van der Waals surface area contributed by atoms with Crippen LogP contribution in [0.15, 0.2) is 30.3 Å². The van der Waals surface area contributed by atoms with E-state index in [1.165, 1.54) is 12.1 Å². The summed E-state index contributed by atoms with van der Waals surface area (Å²) >= 11 is 0. The predicted octanol–water partition coefficient (Wildman–Crippen LogP) is 5.97. The number of benzene rings is 1. The minimum absolute atomic E-state index is 0.0160. The van der Waals surface area contributed by atoms with Crippen molar-refractivity contribution in [2.24, 2.45) is 0 Å². The van der Waals surface area contributed by atoms with Crippen LogP contribution in [0, 0.1) is 17.1 Å². The molecule has 158 valence electrons. The molecular weight excluding hydrogens is 405 g/mol. The molecule has 0 radical (unpaired) electrons. The van der Waals surface area contributed by atoms with Crippen LogP contribution in [0.25, 0.3) is 0 Å². The number of carbonyl (C=O) groups is 1. The van der Waals surface area contributed by atoms with E-state index in [2.05, 4.69) is 10.3 Å². The summed E-state index contributed by atoms with van der Waals surface area (Å²) < 4.78 is 67.3. The smallest absolute Gasteiger partial charge is 0.280 e. The molecule has 1 saturated carbocycles. The lowest BCUT2D eigenvalue weighted by Gasteiger charge is -2.19. The Morgan fingerprint density at radius 3 is 2.67 bits per heavy atom. The number of carbonyl (C=O) groups excluding carboxylic acids is 1. The second-order valence-electron chi connectivity index (χ2n) is 7.21. The molecule has 1 heterocycles. The highest BCUT2D eigenvalue weighted by molar-refractivity contribution is 6.05. The molecule has 1 aromatic carbocycles. The van der Waals surface area contributed by atoms with Gasteiger partial charge in [0.15, 0.2) is 0 Å². The Morgan fingerprint density at radius 2 is 1.97 bits per heavy atom. The molecular formula is C21H18F5N3O. The Kier molecular flexibility index (Phi) is 6.34. The van der Waals surface area contributed by atoms with Crippen LogP contribution in [0.3, 0.4) is 0 Å². The summed E-state index contributed by atoms with van der Waals surface area (Å²) in [5.41, 5.74) is -0.645. The Hall–Kier alpha value is -3.02. The zero-order valence-corrected chi connectivity index (χ0v) is 15.8. The van der Waals surface area contributed by atoms with Gasteiger partial charge in [-0.1, -0.05) is 0 Å². The van der Waals surface area contributed by atoms with E-state index in [0.29, 0.717) is 6.42 Å². The second-order valence-corrected chi connectivity index (χ2v) is 7.21. The molecule has 3 rings (SSSR count). The molecule has 0 spiro atoms. The minimum atomic E-state index is -2.87. The number of anilines is 1. The second kappa shape index (κ2) is 8.78. The van der Waals surface area contributed by atoms with E-state index >= 15 is 0 Å². The molecule has 1 aliphatic carbocycles. The molecule has 30 heavy (non-hydrogen) atoms. The molecule has 4 nitrogen and oxygen atoms in total. The Morgan fingerprint density at radius 1 is 1.20 bits per heavy atom. The Labute approximate surface area is 169 Å². The number of nitriles is 1. The molecule has 1 aromatic heterocycles. The summed E-state index contributed by atoms with van der Waals surface area (Å²) in [5, 5.41) is 11.4. The summed E-state index contributed by atoms with van der Waals surface area (Å²) in [7, 11) is 0. The first-order chi connectivity index (χ1) is 14.2. The molecule has 1 N–H and O–H groups in total. The van der Waals surface area contributed by atoms with E-state index in [-0.39, 0.29) is 41.8 Å². The average Bonchev–Trinajstić information content (AvgIpc) is 2.89. The van der Waals surface area contributed by atoms with Gasteiger partial charge in [0.25, 0.3) is 12.3 Å². The third-order valence-corrected chi connectivity index (χ3v) is 5.10. The third-order valence-electron chi connectivity index (χ3n) is 5.10. The highest BCUT2D eigenvalue weighted by Gasteiger charge is 2.34. The predicted molar refractivity (Wildman–Crippen MR) is 99.0 cm³/mol. The molecule has 2 aromatic rings. The number of nitrogens with one attached hydrogen (secondary N) is 1. The van der Waals surface area contributed by atoms with Crippen molar-refractivity contribution in [3.05, 3.63) is 58.7 Å². The quantitative estimate of drug-likeness (QED) is 0.487. The van der Waals surface area contributed by atoms with Gasteiger partial charge >= 0.3 is 0 Å². The zero-order valence-electron chi connectivity index (χ0n) is 15.8. The first-order valence-electron chi connectivity index (χ1n) is 9.38.